The third-order valence-electron chi connectivity index (χ3n) is 12.8. The smallest absolute Gasteiger partial charge is 0.162 e. The van der Waals surface area contributed by atoms with E-state index in [-0.39, 0.29) is 0 Å². The zero-order valence-corrected chi connectivity index (χ0v) is 35.6. The van der Waals surface area contributed by atoms with Gasteiger partial charge in [-0.15, -0.1) is 0 Å². The molecule has 0 N–H and O–H groups in total. The minimum atomic E-state index is 0.380. The van der Waals surface area contributed by atoms with Crippen LogP contribution in [0.1, 0.15) is 50.7 Å². The molecule has 304 valence electrons. The van der Waals surface area contributed by atoms with Crippen molar-refractivity contribution < 1.29 is 13.3 Å². The molecule has 12 rings (SSSR count). The van der Waals surface area contributed by atoms with Gasteiger partial charge in [-0.3, -0.25) is 0 Å². The van der Waals surface area contributed by atoms with Gasteiger partial charge in [0.1, 0.15) is 16.7 Å². The third kappa shape index (κ3) is 5.76. The van der Waals surface area contributed by atoms with Gasteiger partial charge in [-0.25, -0.2) is 0 Å². The number of para-hydroxylation sites is 5. The summed E-state index contributed by atoms with van der Waals surface area (Å²) in [6.07, 6.45) is 0. The largest absolute Gasteiger partial charge is 0.454 e. The van der Waals surface area contributed by atoms with Crippen molar-refractivity contribution in [1.82, 2.24) is 0 Å². The van der Waals surface area contributed by atoms with E-state index in [1.807, 2.05) is 18.2 Å². The lowest BCUT2D eigenvalue weighted by Gasteiger charge is -2.31. The fourth-order valence-corrected chi connectivity index (χ4v) is 9.67. The van der Waals surface area contributed by atoms with Gasteiger partial charge in [0.25, 0.3) is 0 Å². The summed E-state index contributed by atoms with van der Waals surface area (Å²) in [6, 6.07) is 64.7. The van der Waals surface area contributed by atoms with Gasteiger partial charge in [0.2, 0.25) is 0 Å². The Labute approximate surface area is 365 Å². The van der Waals surface area contributed by atoms with E-state index in [9.17, 15) is 0 Å². The number of furan rings is 3. The first-order chi connectivity index (χ1) is 30.9. The highest BCUT2D eigenvalue weighted by Gasteiger charge is 2.31. The van der Waals surface area contributed by atoms with E-state index in [2.05, 4.69) is 201 Å². The summed E-state index contributed by atoms with van der Waals surface area (Å²) >= 11 is 0. The molecule has 0 aliphatic carbocycles. The van der Waals surface area contributed by atoms with E-state index in [0.717, 1.165) is 111 Å². The van der Waals surface area contributed by atoms with Crippen LogP contribution in [0.15, 0.2) is 195 Å². The molecule has 3 heterocycles. The Morgan fingerprint density at radius 2 is 0.683 bits per heavy atom. The number of benzene rings is 9. The lowest BCUT2D eigenvalue weighted by molar-refractivity contribution is 0.666. The van der Waals surface area contributed by atoms with Gasteiger partial charge in [-0.05, 0) is 77.6 Å². The van der Waals surface area contributed by atoms with Gasteiger partial charge in [0, 0.05) is 49.1 Å². The molecule has 0 spiro atoms. The number of rotatable bonds is 8. The second-order valence-electron chi connectivity index (χ2n) is 17.2. The monoisotopic (exact) mass is 816 g/mol. The van der Waals surface area contributed by atoms with Crippen molar-refractivity contribution in [1.29, 1.82) is 0 Å². The van der Waals surface area contributed by atoms with Crippen LogP contribution in [0.4, 0.5) is 34.1 Å². The first-order valence-electron chi connectivity index (χ1n) is 21.9. The quantitative estimate of drug-likeness (QED) is 0.143. The Bertz CT molecular complexity index is 3700. The van der Waals surface area contributed by atoms with Crippen LogP contribution in [0, 0.1) is 0 Å². The Hall–Kier alpha value is -7.76. The van der Waals surface area contributed by atoms with Crippen molar-refractivity contribution in [2.45, 2.75) is 39.5 Å². The molecule has 0 fully saturated rings. The highest BCUT2D eigenvalue weighted by molar-refractivity contribution is 6.29. The zero-order valence-electron chi connectivity index (χ0n) is 35.6. The zero-order chi connectivity index (χ0) is 42.3. The summed E-state index contributed by atoms with van der Waals surface area (Å²) in [5.74, 6) is 0.762. The molecular weight excluding hydrogens is 773 g/mol. The molecular formula is C58H44N2O3. The number of hydrogen-bond donors (Lipinski definition) is 0. The molecule has 3 aromatic heterocycles. The van der Waals surface area contributed by atoms with E-state index in [4.69, 9.17) is 13.3 Å². The number of hydrogen-bond acceptors (Lipinski definition) is 5. The van der Waals surface area contributed by atoms with Crippen molar-refractivity contribution in [2.24, 2.45) is 0 Å². The van der Waals surface area contributed by atoms with Gasteiger partial charge in [0.05, 0.1) is 28.1 Å². The summed E-state index contributed by atoms with van der Waals surface area (Å²) in [7, 11) is 0. The minimum absolute atomic E-state index is 0.380. The van der Waals surface area contributed by atoms with Crippen LogP contribution in [0.5, 0.6) is 0 Å². The Morgan fingerprint density at radius 3 is 1.16 bits per heavy atom. The highest BCUT2D eigenvalue weighted by Crippen LogP contribution is 2.55. The molecule has 0 saturated carbocycles. The Morgan fingerprint density at radius 1 is 0.317 bits per heavy atom. The van der Waals surface area contributed by atoms with Crippen LogP contribution in [0.3, 0.4) is 0 Å². The van der Waals surface area contributed by atoms with Crippen molar-refractivity contribution in [2.75, 3.05) is 9.80 Å². The number of fused-ring (bicyclic) bond motifs is 10. The molecule has 0 unspecified atom stereocenters. The summed E-state index contributed by atoms with van der Waals surface area (Å²) in [5, 5.41) is 8.40. The van der Waals surface area contributed by atoms with Crippen LogP contribution >= 0.6 is 0 Å². The van der Waals surface area contributed by atoms with Crippen LogP contribution in [0.25, 0.3) is 76.6 Å². The van der Waals surface area contributed by atoms with Crippen molar-refractivity contribution in [3.8, 4) is 0 Å². The molecule has 63 heavy (non-hydrogen) atoms. The summed E-state index contributed by atoms with van der Waals surface area (Å²) in [6.45, 7) is 8.95. The molecule has 0 radical (unpaired) electrons. The average molecular weight is 817 g/mol. The molecule has 0 amide bonds. The van der Waals surface area contributed by atoms with Gasteiger partial charge >= 0.3 is 0 Å². The average Bonchev–Trinajstić information content (AvgIpc) is 4.02. The number of nitrogens with zero attached hydrogens (tertiary/aromatic N) is 2. The second kappa shape index (κ2) is 14.4. The van der Waals surface area contributed by atoms with Crippen LogP contribution in [-0.4, -0.2) is 0 Å². The van der Waals surface area contributed by atoms with Crippen molar-refractivity contribution in [3.63, 3.8) is 0 Å². The van der Waals surface area contributed by atoms with E-state index in [1.165, 1.54) is 11.1 Å². The predicted molar refractivity (Wildman–Crippen MR) is 263 cm³/mol. The molecule has 5 nitrogen and oxygen atoms in total. The first kappa shape index (κ1) is 37.0. The van der Waals surface area contributed by atoms with E-state index in [1.54, 1.807) is 0 Å². The number of anilines is 6. The Kier molecular flexibility index (Phi) is 8.48. The molecule has 5 heteroatoms. The standard InChI is InChI=1S/C58H44N2O3/c1-35(2)37-27-31-39(32-28-37)59(48-22-13-20-45-41-15-7-10-24-50(41)61-56(45)48)54-43-17-5-6-18-44(43)55(58-53(54)47-19-9-12-26-52(47)63-58)60(40-33-29-38(30-34-40)36(3)4)49-23-14-21-46-42-16-8-11-25-51(42)62-57(46)49/h5-36H,1-4H3. The lowest BCUT2D eigenvalue weighted by atomic mass is 9.96. The van der Waals surface area contributed by atoms with Crippen LogP contribution in [-0.2, 0) is 0 Å². The summed E-state index contributed by atoms with van der Waals surface area (Å²) in [4.78, 5) is 4.75. The predicted octanol–water partition coefficient (Wildman–Crippen LogP) is 17.7. The molecule has 9 aromatic carbocycles. The summed E-state index contributed by atoms with van der Waals surface area (Å²) in [5.41, 5.74) is 13.3. The van der Waals surface area contributed by atoms with E-state index >= 15 is 0 Å². The fraction of sp³-hybridized carbons (Fsp3) is 0.103. The molecule has 0 aliphatic heterocycles. The molecule has 0 atom stereocenters. The van der Waals surface area contributed by atoms with Crippen molar-refractivity contribution in [3.05, 3.63) is 193 Å². The SMILES string of the molecule is CC(C)c1ccc(N(c2cccc3c2oc2ccccc23)c2c3ccccc3c(N(c3ccc(C(C)C)cc3)c3cccc4c3oc3ccccc34)c3c2oc2ccccc23)cc1. The summed E-state index contributed by atoms with van der Waals surface area (Å²) < 4.78 is 21.0. The maximum absolute atomic E-state index is 7.27. The van der Waals surface area contributed by atoms with Gasteiger partial charge in [-0.2, -0.15) is 0 Å². The third-order valence-corrected chi connectivity index (χ3v) is 12.8. The lowest BCUT2D eigenvalue weighted by Crippen LogP contribution is -2.14. The molecule has 0 aliphatic rings. The fourth-order valence-electron chi connectivity index (χ4n) is 9.67. The molecule has 12 aromatic rings. The van der Waals surface area contributed by atoms with E-state index in [0.29, 0.717) is 11.8 Å². The van der Waals surface area contributed by atoms with Gasteiger partial charge in [-0.1, -0.05) is 155 Å². The minimum Gasteiger partial charge on any atom is -0.454 e. The highest BCUT2D eigenvalue weighted by atomic mass is 16.3. The van der Waals surface area contributed by atoms with Crippen LogP contribution < -0.4 is 9.80 Å². The van der Waals surface area contributed by atoms with Gasteiger partial charge in [0.15, 0.2) is 16.7 Å². The second-order valence-corrected chi connectivity index (χ2v) is 17.2. The first-order valence-corrected chi connectivity index (χ1v) is 21.9. The van der Waals surface area contributed by atoms with Gasteiger partial charge < -0.3 is 23.1 Å². The normalized spacial score (nSPS) is 12.1. The topological polar surface area (TPSA) is 45.9 Å². The van der Waals surface area contributed by atoms with Crippen molar-refractivity contribution >= 4 is 111 Å². The Balaban J connectivity index is 1.24. The maximum Gasteiger partial charge on any atom is 0.162 e. The molecule has 0 saturated heterocycles. The van der Waals surface area contributed by atoms with E-state index < -0.39 is 0 Å². The maximum atomic E-state index is 7.27. The molecule has 0 bridgehead atoms. The van der Waals surface area contributed by atoms with Crippen LogP contribution in [0.2, 0.25) is 0 Å².